The maximum absolute atomic E-state index is 12.6. The van der Waals surface area contributed by atoms with Gasteiger partial charge in [-0.15, -0.1) is 5.10 Å². The molecule has 40 heavy (non-hydrogen) atoms. The first-order valence-electron chi connectivity index (χ1n) is 13.7. The van der Waals surface area contributed by atoms with E-state index >= 15 is 0 Å². The van der Waals surface area contributed by atoms with Crippen LogP contribution in [0.2, 0.25) is 0 Å². The third-order valence-corrected chi connectivity index (χ3v) is 8.27. The summed E-state index contributed by atoms with van der Waals surface area (Å²) in [6.45, 7) is 11.6. The Hall–Kier alpha value is -3.98. The number of aliphatic carboxylic acids is 1. The zero-order valence-electron chi connectivity index (χ0n) is 24.0. The first-order chi connectivity index (χ1) is 19.0. The highest BCUT2D eigenvalue weighted by atomic mass is 16.5. The summed E-state index contributed by atoms with van der Waals surface area (Å²) < 4.78 is 7.94. The number of aryl methyl sites for hydroxylation is 3. The second-order valence-corrected chi connectivity index (χ2v) is 11.4. The maximum atomic E-state index is 12.6. The van der Waals surface area contributed by atoms with E-state index in [4.69, 9.17) is 4.74 Å². The van der Waals surface area contributed by atoms with E-state index in [9.17, 15) is 15.0 Å². The Morgan fingerprint density at radius 1 is 1.18 bits per heavy atom. The van der Waals surface area contributed by atoms with Gasteiger partial charge in [0.25, 0.3) is 0 Å². The molecule has 0 aliphatic carbocycles. The Labute approximate surface area is 234 Å². The second kappa shape index (κ2) is 10.5. The van der Waals surface area contributed by atoms with Crippen LogP contribution in [0, 0.1) is 19.3 Å². The van der Waals surface area contributed by atoms with Gasteiger partial charge in [-0.1, -0.05) is 36.4 Å². The Balaban J connectivity index is 1.56. The number of hydrogen-bond acceptors (Lipinski definition) is 7. The summed E-state index contributed by atoms with van der Waals surface area (Å²) in [5.41, 5.74) is 6.35. The number of aromatic nitrogens is 4. The number of carboxylic acids is 1. The number of ether oxygens (including phenoxy) is 1. The lowest BCUT2D eigenvalue weighted by Crippen LogP contribution is -2.33. The Bertz CT molecular complexity index is 1580. The number of nitrogens with zero attached hydrogens (tertiary/aromatic N) is 5. The van der Waals surface area contributed by atoms with Gasteiger partial charge in [0.15, 0.2) is 0 Å². The van der Waals surface area contributed by atoms with Crippen molar-refractivity contribution >= 4 is 17.0 Å². The van der Waals surface area contributed by atoms with E-state index in [-0.39, 0.29) is 12.0 Å². The molecule has 9 heteroatoms. The molecule has 0 spiro atoms. The van der Waals surface area contributed by atoms with Crippen LogP contribution in [0.1, 0.15) is 66.6 Å². The summed E-state index contributed by atoms with van der Waals surface area (Å²) in [4.78, 5) is 19.3. The second-order valence-electron chi connectivity index (χ2n) is 11.4. The molecule has 1 aliphatic heterocycles. The van der Waals surface area contributed by atoms with E-state index in [1.807, 2.05) is 32.2 Å². The third-order valence-electron chi connectivity index (χ3n) is 8.27. The van der Waals surface area contributed by atoms with Gasteiger partial charge in [-0.3, -0.25) is 9.69 Å². The van der Waals surface area contributed by atoms with Gasteiger partial charge in [0.2, 0.25) is 5.88 Å². The molecular formula is C31H37N5O4. The predicted octanol–water partition coefficient (Wildman–Crippen LogP) is 5.10. The zero-order valence-corrected chi connectivity index (χ0v) is 24.0. The molecule has 210 valence electrons. The van der Waals surface area contributed by atoms with Gasteiger partial charge in [-0.25, -0.2) is 9.67 Å². The molecule has 1 aliphatic rings. The van der Waals surface area contributed by atoms with E-state index in [2.05, 4.69) is 46.2 Å². The van der Waals surface area contributed by atoms with Gasteiger partial charge in [0, 0.05) is 38.7 Å². The summed E-state index contributed by atoms with van der Waals surface area (Å²) in [5.74, 6) is -0.595. The Kier molecular flexibility index (Phi) is 7.27. The summed E-state index contributed by atoms with van der Waals surface area (Å²) in [7, 11) is 1.85. The fourth-order valence-corrected chi connectivity index (χ4v) is 5.76. The van der Waals surface area contributed by atoms with Crippen LogP contribution >= 0.6 is 0 Å². The lowest BCUT2D eigenvalue weighted by atomic mass is 9.69. The summed E-state index contributed by atoms with van der Waals surface area (Å²) in [6.07, 6.45) is 0.839. The molecule has 0 saturated heterocycles. The molecule has 0 saturated carbocycles. The van der Waals surface area contributed by atoms with E-state index < -0.39 is 17.3 Å². The van der Waals surface area contributed by atoms with E-state index in [0.29, 0.717) is 31.1 Å². The van der Waals surface area contributed by atoms with Crippen LogP contribution in [0.5, 0.6) is 11.6 Å². The van der Waals surface area contributed by atoms with Crippen molar-refractivity contribution in [3.8, 4) is 11.6 Å². The van der Waals surface area contributed by atoms with Crippen LogP contribution in [-0.2, 0) is 24.9 Å². The van der Waals surface area contributed by atoms with Crippen molar-refractivity contribution in [1.29, 1.82) is 0 Å². The smallest absolute Gasteiger partial charge is 0.310 e. The fourth-order valence-electron chi connectivity index (χ4n) is 5.76. The molecule has 0 bridgehead atoms. The van der Waals surface area contributed by atoms with Crippen LogP contribution < -0.4 is 4.74 Å². The number of benzene rings is 2. The maximum Gasteiger partial charge on any atom is 0.310 e. The topological polar surface area (TPSA) is 114 Å². The van der Waals surface area contributed by atoms with Gasteiger partial charge < -0.3 is 14.9 Å². The minimum absolute atomic E-state index is 0.00358. The Morgan fingerprint density at radius 3 is 2.67 bits per heavy atom. The van der Waals surface area contributed by atoms with Gasteiger partial charge in [0.1, 0.15) is 23.1 Å². The standard InChI is InChI=1S/C31H37N5O4/c1-7-22-16-36(17-24-26(40-22)12-13-27(37)32-24)15-21-14-20(9-8-18(21)2)28(31(4,5)30(38)39)23-10-11-25-29(19(23)3)33-34-35(25)6/h8-14,22,28H,7,15-17H2,1-6H3,(H,32,37)(H,38,39)/t22-,28?/m0/s1. The first-order valence-corrected chi connectivity index (χ1v) is 13.7. The molecule has 5 rings (SSSR count). The highest BCUT2D eigenvalue weighted by molar-refractivity contribution is 5.81. The predicted molar refractivity (Wildman–Crippen MR) is 152 cm³/mol. The molecule has 2 aromatic carbocycles. The largest absolute Gasteiger partial charge is 0.493 e. The molecule has 0 fully saturated rings. The molecule has 1 unspecified atom stereocenters. The molecule has 2 atom stereocenters. The van der Waals surface area contributed by atoms with Gasteiger partial charge in [0.05, 0.1) is 10.9 Å². The first kappa shape index (κ1) is 27.6. The van der Waals surface area contributed by atoms with Gasteiger partial charge in [-0.05, 0) is 74.1 Å². The van der Waals surface area contributed by atoms with Gasteiger partial charge >= 0.3 is 5.97 Å². The number of carbonyl (C=O) groups is 1. The average Bonchev–Trinajstić information content (AvgIpc) is 3.19. The van der Waals surface area contributed by atoms with Crippen LogP contribution in [0.3, 0.4) is 0 Å². The summed E-state index contributed by atoms with van der Waals surface area (Å²) >= 11 is 0. The van der Waals surface area contributed by atoms with Crippen LogP contribution in [0.15, 0.2) is 42.5 Å². The summed E-state index contributed by atoms with van der Waals surface area (Å²) in [5, 5.41) is 28.9. The molecular weight excluding hydrogens is 506 g/mol. The number of carboxylic acid groups (broad SMARTS) is 1. The fraction of sp³-hybridized carbons (Fsp3) is 0.419. The van der Waals surface area contributed by atoms with Crippen molar-refractivity contribution in [3.05, 3.63) is 76.0 Å². The highest BCUT2D eigenvalue weighted by Crippen LogP contribution is 2.44. The lowest BCUT2D eigenvalue weighted by molar-refractivity contribution is -0.147. The lowest BCUT2D eigenvalue weighted by Gasteiger charge is -2.33. The number of hydrogen-bond donors (Lipinski definition) is 2. The normalized spacial score (nSPS) is 16.8. The highest BCUT2D eigenvalue weighted by Gasteiger charge is 2.40. The minimum atomic E-state index is -1.09. The zero-order chi connectivity index (χ0) is 28.8. The van der Waals surface area contributed by atoms with Gasteiger partial charge in [-0.2, -0.15) is 0 Å². The van der Waals surface area contributed by atoms with Crippen molar-refractivity contribution in [2.24, 2.45) is 12.5 Å². The molecule has 0 amide bonds. The van der Waals surface area contributed by atoms with Crippen molar-refractivity contribution in [3.63, 3.8) is 0 Å². The quantitative estimate of drug-likeness (QED) is 0.331. The summed E-state index contributed by atoms with van der Waals surface area (Å²) in [6, 6.07) is 13.6. The van der Waals surface area contributed by atoms with E-state index in [1.54, 1.807) is 30.7 Å². The van der Waals surface area contributed by atoms with Crippen LogP contribution in [0.4, 0.5) is 0 Å². The SMILES string of the molecule is CC[C@H]1CN(Cc2cc(C(c3ccc4c(nnn4C)c3C)C(C)(C)C(=O)O)ccc2C)Cc2nc(O)ccc2O1. The average molecular weight is 544 g/mol. The van der Waals surface area contributed by atoms with E-state index in [0.717, 1.165) is 45.3 Å². The molecule has 2 aromatic heterocycles. The molecule has 9 nitrogen and oxygen atoms in total. The van der Waals surface area contributed by atoms with Crippen molar-refractivity contribution in [2.45, 2.75) is 66.2 Å². The van der Waals surface area contributed by atoms with E-state index in [1.165, 1.54) is 0 Å². The van der Waals surface area contributed by atoms with Crippen LogP contribution in [0.25, 0.3) is 11.0 Å². The monoisotopic (exact) mass is 543 g/mol. The van der Waals surface area contributed by atoms with Crippen molar-refractivity contribution in [1.82, 2.24) is 24.9 Å². The van der Waals surface area contributed by atoms with Crippen molar-refractivity contribution < 1.29 is 19.7 Å². The Morgan fingerprint density at radius 2 is 1.95 bits per heavy atom. The number of rotatable bonds is 7. The minimum Gasteiger partial charge on any atom is -0.493 e. The molecule has 0 radical (unpaired) electrons. The van der Waals surface area contributed by atoms with Crippen molar-refractivity contribution in [2.75, 3.05) is 6.54 Å². The number of pyridine rings is 1. The molecule has 2 N–H and O–H groups in total. The molecule has 4 aromatic rings. The number of fused-ring (bicyclic) bond motifs is 2. The molecule has 3 heterocycles. The van der Waals surface area contributed by atoms with Crippen LogP contribution in [-0.4, -0.2) is 53.7 Å². The third kappa shape index (κ3) is 5.01. The number of aromatic hydroxyl groups is 1.